The molecule has 0 saturated heterocycles. The fourth-order valence-corrected chi connectivity index (χ4v) is 2.38. The Labute approximate surface area is 148 Å². The van der Waals surface area contributed by atoms with E-state index in [1.165, 1.54) is 6.07 Å². The molecule has 1 aromatic heterocycles. The van der Waals surface area contributed by atoms with Crippen molar-refractivity contribution < 1.29 is 8.81 Å². The van der Waals surface area contributed by atoms with Gasteiger partial charge in [0.25, 0.3) is 0 Å². The normalized spacial score (nSPS) is 11.4. The van der Waals surface area contributed by atoms with Crippen LogP contribution in [0, 0.1) is 5.82 Å². The van der Waals surface area contributed by atoms with E-state index in [4.69, 9.17) is 16.6 Å². The minimum Gasteiger partial charge on any atom is -0.422 e. The number of hydrogen-bond acceptors (Lipinski definition) is 4. The van der Waals surface area contributed by atoms with Crippen LogP contribution in [0.4, 0.5) is 10.1 Å². The van der Waals surface area contributed by atoms with Crippen molar-refractivity contribution in [3.63, 3.8) is 0 Å². The van der Waals surface area contributed by atoms with Crippen LogP contribution in [-0.2, 0) is 0 Å². The summed E-state index contributed by atoms with van der Waals surface area (Å²) < 4.78 is 18.8. The van der Waals surface area contributed by atoms with E-state index in [9.17, 15) is 9.18 Å². The zero-order valence-electron chi connectivity index (χ0n) is 13.2. The van der Waals surface area contributed by atoms with E-state index in [0.29, 0.717) is 16.9 Å². The van der Waals surface area contributed by atoms with Crippen LogP contribution in [0.5, 0.6) is 0 Å². The third-order valence-corrected chi connectivity index (χ3v) is 3.67. The van der Waals surface area contributed by atoms with Gasteiger partial charge in [0.1, 0.15) is 11.4 Å². The summed E-state index contributed by atoms with van der Waals surface area (Å²) in [6.45, 7) is 1.65. The monoisotopic (exact) mass is 355 g/mol. The molecule has 0 saturated carbocycles. The van der Waals surface area contributed by atoms with Gasteiger partial charge in [-0.3, -0.25) is 5.43 Å². The fourth-order valence-electron chi connectivity index (χ4n) is 2.22. The number of thiocarbonyl (C=S) groups is 1. The lowest BCUT2D eigenvalue weighted by Crippen LogP contribution is -2.26. The van der Waals surface area contributed by atoms with Crippen molar-refractivity contribution in [3.8, 4) is 0 Å². The van der Waals surface area contributed by atoms with Crippen molar-refractivity contribution in [1.29, 1.82) is 0 Å². The zero-order chi connectivity index (χ0) is 17.8. The first-order valence-electron chi connectivity index (χ1n) is 7.43. The van der Waals surface area contributed by atoms with E-state index < -0.39 is 11.4 Å². The van der Waals surface area contributed by atoms with Gasteiger partial charge in [0.05, 0.1) is 17.0 Å². The number of fused-ring (bicyclic) bond motifs is 1. The molecule has 7 heteroatoms. The van der Waals surface area contributed by atoms with Gasteiger partial charge in [0.15, 0.2) is 5.11 Å². The molecule has 0 fully saturated rings. The number of anilines is 1. The molecule has 0 atom stereocenters. The molecule has 0 aliphatic rings. The van der Waals surface area contributed by atoms with Gasteiger partial charge in [-0.1, -0.05) is 30.3 Å². The summed E-state index contributed by atoms with van der Waals surface area (Å²) in [5.41, 5.74) is 3.56. The number of hydrazone groups is 1. The first-order valence-corrected chi connectivity index (χ1v) is 7.84. The van der Waals surface area contributed by atoms with Crippen LogP contribution in [0.15, 0.2) is 68.9 Å². The molecule has 0 spiro atoms. The maximum atomic E-state index is 13.6. The number of para-hydroxylation sites is 2. The molecule has 0 bridgehead atoms. The molecular formula is C18H14FN3O2S. The second-order valence-electron chi connectivity index (χ2n) is 5.23. The van der Waals surface area contributed by atoms with Crippen LogP contribution in [-0.4, -0.2) is 10.8 Å². The number of nitrogens with one attached hydrogen (secondary N) is 2. The lowest BCUT2D eigenvalue weighted by molar-refractivity contribution is 0.559. The maximum Gasteiger partial charge on any atom is 0.345 e. The largest absolute Gasteiger partial charge is 0.422 e. The van der Waals surface area contributed by atoms with E-state index >= 15 is 0 Å². The van der Waals surface area contributed by atoms with Gasteiger partial charge in [0.2, 0.25) is 0 Å². The average Bonchev–Trinajstić information content (AvgIpc) is 2.61. The van der Waals surface area contributed by atoms with Crippen LogP contribution >= 0.6 is 12.2 Å². The Bertz CT molecular complexity index is 1030. The van der Waals surface area contributed by atoms with E-state index in [1.807, 2.05) is 12.1 Å². The summed E-state index contributed by atoms with van der Waals surface area (Å²) in [6, 6.07) is 15.0. The number of nitrogens with zero attached hydrogens (tertiary/aromatic N) is 1. The highest BCUT2D eigenvalue weighted by Gasteiger charge is 2.09. The molecule has 0 amide bonds. The molecule has 126 valence electrons. The lowest BCUT2D eigenvalue weighted by atomic mass is 10.1. The van der Waals surface area contributed by atoms with Gasteiger partial charge in [-0.2, -0.15) is 5.10 Å². The third kappa shape index (κ3) is 3.89. The van der Waals surface area contributed by atoms with E-state index in [2.05, 4.69) is 15.8 Å². The fraction of sp³-hybridized carbons (Fsp3) is 0.0556. The Morgan fingerprint density at radius 2 is 1.88 bits per heavy atom. The second kappa shape index (κ2) is 7.23. The predicted octanol–water partition coefficient (Wildman–Crippen LogP) is 3.64. The Kier molecular flexibility index (Phi) is 4.85. The summed E-state index contributed by atoms with van der Waals surface area (Å²) in [4.78, 5) is 12.1. The standard InChI is InChI=1S/C18H14FN3O2S/c1-11(13-10-12-6-2-5-9-16(12)24-17(13)23)21-22-18(25)20-15-8-4-3-7-14(15)19/h2-10H,1H3,(H2,20,22,25)/b21-11+. The minimum atomic E-state index is -0.491. The molecule has 3 aromatic rings. The van der Waals surface area contributed by atoms with Gasteiger partial charge in [-0.05, 0) is 43.4 Å². The highest BCUT2D eigenvalue weighted by molar-refractivity contribution is 7.80. The summed E-state index contributed by atoms with van der Waals surface area (Å²) in [5, 5.41) is 7.66. The topological polar surface area (TPSA) is 66.6 Å². The molecule has 2 aromatic carbocycles. The van der Waals surface area contributed by atoms with Crippen LogP contribution in [0.3, 0.4) is 0 Å². The lowest BCUT2D eigenvalue weighted by Gasteiger charge is -2.08. The van der Waals surface area contributed by atoms with E-state index in [0.717, 1.165) is 5.39 Å². The molecule has 0 aliphatic heterocycles. The summed E-state index contributed by atoms with van der Waals surface area (Å²) in [7, 11) is 0. The van der Waals surface area contributed by atoms with E-state index in [1.54, 1.807) is 43.3 Å². The van der Waals surface area contributed by atoms with Crippen molar-refractivity contribution in [2.75, 3.05) is 5.32 Å². The Hall–Kier alpha value is -3.06. The van der Waals surface area contributed by atoms with Crippen LogP contribution < -0.4 is 16.4 Å². The first kappa shape index (κ1) is 16.8. The molecular weight excluding hydrogens is 341 g/mol. The van der Waals surface area contributed by atoms with Gasteiger partial charge in [-0.25, -0.2) is 9.18 Å². The third-order valence-electron chi connectivity index (χ3n) is 3.48. The summed E-state index contributed by atoms with van der Waals surface area (Å²) >= 11 is 5.08. The van der Waals surface area contributed by atoms with Crippen molar-refractivity contribution in [1.82, 2.24) is 5.43 Å². The van der Waals surface area contributed by atoms with Gasteiger partial charge < -0.3 is 9.73 Å². The number of rotatable bonds is 3. The van der Waals surface area contributed by atoms with Crippen molar-refractivity contribution in [2.24, 2.45) is 5.10 Å². The Morgan fingerprint density at radius 3 is 2.68 bits per heavy atom. The number of halogens is 1. The minimum absolute atomic E-state index is 0.106. The summed E-state index contributed by atoms with van der Waals surface area (Å²) in [5.74, 6) is -0.428. The van der Waals surface area contributed by atoms with Gasteiger partial charge >= 0.3 is 5.63 Å². The Morgan fingerprint density at radius 1 is 1.16 bits per heavy atom. The second-order valence-corrected chi connectivity index (χ2v) is 5.64. The van der Waals surface area contributed by atoms with Crippen LogP contribution in [0.1, 0.15) is 12.5 Å². The summed E-state index contributed by atoms with van der Waals surface area (Å²) in [6.07, 6.45) is 0. The first-order chi connectivity index (χ1) is 12.0. The highest BCUT2D eigenvalue weighted by Crippen LogP contribution is 2.13. The van der Waals surface area contributed by atoms with Gasteiger partial charge in [-0.15, -0.1) is 0 Å². The molecule has 1 heterocycles. The number of benzene rings is 2. The van der Waals surface area contributed by atoms with Crippen molar-refractivity contribution in [2.45, 2.75) is 6.92 Å². The molecule has 2 N–H and O–H groups in total. The Balaban J connectivity index is 1.77. The smallest absolute Gasteiger partial charge is 0.345 e. The van der Waals surface area contributed by atoms with Gasteiger partial charge in [0, 0.05) is 5.39 Å². The molecule has 0 radical (unpaired) electrons. The number of hydrogen-bond donors (Lipinski definition) is 2. The molecule has 0 unspecified atom stereocenters. The van der Waals surface area contributed by atoms with E-state index in [-0.39, 0.29) is 10.8 Å². The maximum absolute atomic E-state index is 13.6. The van der Waals surface area contributed by atoms with Crippen LogP contribution in [0.2, 0.25) is 0 Å². The van der Waals surface area contributed by atoms with Crippen molar-refractivity contribution >= 4 is 39.7 Å². The molecule has 3 rings (SSSR count). The highest BCUT2D eigenvalue weighted by atomic mass is 32.1. The van der Waals surface area contributed by atoms with Crippen LogP contribution in [0.25, 0.3) is 11.0 Å². The molecule has 25 heavy (non-hydrogen) atoms. The quantitative estimate of drug-likeness (QED) is 0.325. The molecule has 0 aliphatic carbocycles. The predicted molar refractivity (Wildman–Crippen MR) is 100 cm³/mol. The molecule has 5 nitrogen and oxygen atoms in total. The average molecular weight is 355 g/mol. The van der Waals surface area contributed by atoms with Crippen molar-refractivity contribution in [3.05, 3.63) is 76.4 Å². The zero-order valence-corrected chi connectivity index (χ0v) is 14.1. The SMILES string of the molecule is C/C(=N\NC(=S)Nc1ccccc1F)c1cc2ccccc2oc1=O.